The fourth-order valence-corrected chi connectivity index (χ4v) is 3.98. The lowest BCUT2D eigenvalue weighted by atomic mass is 9.94. The molecule has 1 spiro atoms. The van der Waals surface area contributed by atoms with E-state index in [-0.39, 0.29) is 11.4 Å². The molecule has 2 aromatic rings. The maximum Gasteiger partial charge on any atom is 0.125 e. The lowest BCUT2D eigenvalue weighted by molar-refractivity contribution is -0.0563. The van der Waals surface area contributed by atoms with Gasteiger partial charge in [-0.25, -0.2) is 4.39 Å². The van der Waals surface area contributed by atoms with Crippen molar-refractivity contribution in [2.75, 3.05) is 44.8 Å². The van der Waals surface area contributed by atoms with E-state index in [1.807, 2.05) is 24.4 Å². The average Bonchev–Trinajstić information content (AvgIpc) is 2.96. The molecule has 0 saturated carbocycles. The van der Waals surface area contributed by atoms with Gasteiger partial charge in [0.1, 0.15) is 11.4 Å². The van der Waals surface area contributed by atoms with Gasteiger partial charge in [0.05, 0.1) is 25.5 Å². The zero-order valence-corrected chi connectivity index (χ0v) is 15.4. The van der Waals surface area contributed by atoms with Gasteiger partial charge >= 0.3 is 0 Å². The summed E-state index contributed by atoms with van der Waals surface area (Å²) in [7, 11) is 0. The molecule has 6 heteroatoms. The van der Waals surface area contributed by atoms with Gasteiger partial charge in [0.15, 0.2) is 0 Å². The van der Waals surface area contributed by atoms with Gasteiger partial charge < -0.3 is 14.8 Å². The summed E-state index contributed by atoms with van der Waals surface area (Å²) >= 11 is 0. The lowest BCUT2D eigenvalue weighted by Crippen LogP contribution is -2.44. The summed E-state index contributed by atoms with van der Waals surface area (Å²) in [6, 6.07) is 12.6. The first-order chi connectivity index (χ1) is 13.2. The van der Waals surface area contributed by atoms with Gasteiger partial charge in [-0.15, -0.1) is 0 Å². The second-order valence-electron chi connectivity index (χ2n) is 7.54. The Kier molecular flexibility index (Phi) is 5.66. The highest BCUT2D eigenvalue weighted by molar-refractivity contribution is 5.43. The van der Waals surface area contributed by atoms with Gasteiger partial charge in [-0.05, 0) is 36.8 Å². The highest BCUT2D eigenvalue weighted by atomic mass is 19.1. The van der Waals surface area contributed by atoms with Gasteiger partial charge in [-0.3, -0.25) is 9.88 Å². The van der Waals surface area contributed by atoms with Crippen molar-refractivity contribution in [1.29, 1.82) is 0 Å². The Morgan fingerprint density at radius 1 is 1.26 bits per heavy atom. The summed E-state index contributed by atoms with van der Waals surface area (Å²) in [4.78, 5) is 6.81. The molecule has 1 aromatic carbocycles. The van der Waals surface area contributed by atoms with Crippen LogP contribution in [-0.2, 0) is 16.0 Å². The summed E-state index contributed by atoms with van der Waals surface area (Å²) in [6.07, 6.45) is 2.77. The first-order valence-electron chi connectivity index (χ1n) is 9.54. The number of rotatable bonds is 5. The van der Waals surface area contributed by atoms with E-state index in [0.29, 0.717) is 25.7 Å². The Morgan fingerprint density at radius 2 is 2.22 bits per heavy atom. The monoisotopic (exact) mass is 371 g/mol. The maximum absolute atomic E-state index is 13.3. The third kappa shape index (κ3) is 4.83. The molecule has 2 unspecified atom stereocenters. The van der Waals surface area contributed by atoms with E-state index in [1.165, 1.54) is 12.1 Å². The van der Waals surface area contributed by atoms with Crippen molar-refractivity contribution in [3.8, 4) is 0 Å². The second kappa shape index (κ2) is 8.33. The van der Waals surface area contributed by atoms with Crippen molar-refractivity contribution in [2.24, 2.45) is 5.92 Å². The van der Waals surface area contributed by atoms with E-state index in [9.17, 15) is 4.39 Å². The average molecular weight is 371 g/mol. The molecule has 144 valence electrons. The number of anilines is 1. The summed E-state index contributed by atoms with van der Waals surface area (Å²) in [5.41, 5.74) is 1.61. The zero-order valence-electron chi connectivity index (χ0n) is 15.4. The SMILES string of the molecule is Fc1cccc(NCC2COC3(COCCN(Cc4ccccn4)C3)C2)c1. The molecule has 3 heterocycles. The van der Waals surface area contributed by atoms with E-state index in [1.54, 1.807) is 6.07 Å². The smallest absolute Gasteiger partial charge is 0.125 e. The maximum atomic E-state index is 13.3. The van der Waals surface area contributed by atoms with Crippen molar-refractivity contribution >= 4 is 5.69 Å². The van der Waals surface area contributed by atoms with Crippen LogP contribution in [0.5, 0.6) is 0 Å². The van der Waals surface area contributed by atoms with Crippen LogP contribution in [0.2, 0.25) is 0 Å². The molecular weight excluding hydrogens is 345 g/mol. The molecular formula is C21H26FN3O2. The van der Waals surface area contributed by atoms with E-state index >= 15 is 0 Å². The van der Waals surface area contributed by atoms with Crippen molar-refractivity contribution < 1.29 is 13.9 Å². The number of halogens is 1. The lowest BCUT2D eigenvalue weighted by Gasteiger charge is -2.31. The number of pyridine rings is 1. The molecule has 0 aliphatic carbocycles. The Bertz CT molecular complexity index is 745. The van der Waals surface area contributed by atoms with Crippen molar-refractivity contribution in [1.82, 2.24) is 9.88 Å². The minimum atomic E-state index is -0.264. The Balaban J connectivity index is 1.34. The van der Waals surface area contributed by atoms with Crippen molar-refractivity contribution in [2.45, 2.75) is 18.6 Å². The molecule has 27 heavy (non-hydrogen) atoms. The topological polar surface area (TPSA) is 46.6 Å². The fourth-order valence-electron chi connectivity index (χ4n) is 3.98. The summed E-state index contributed by atoms with van der Waals surface area (Å²) in [5.74, 6) is 0.160. The van der Waals surface area contributed by atoms with Gasteiger partial charge in [-0.2, -0.15) is 0 Å². The quantitative estimate of drug-likeness (QED) is 0.876. The fraction of sp³-hybridized carbons (Fsp3) is 0.476. The third-order valence-corrected chi connectivity index (χ3v) is 5.25. The molecule has 0 radical (unpaired) electrons. The Labute approximate surface area is 159 Å². The number of nitrogens with one attached hydrogen (secondary N) is 1. The minimum absolute atomic E-state index is 0.221. The molecule has 2 atom stereocenters. The van der Waals surface area contributed by atoms with E-state index in [0.717, 1.165) is 44.0 Å². The van der Waals surface area contributed by atoms with Crippen molar-refractivity contribution in [3.63, 3.8) is 0 Å². The van der Waals surface area contributed by atoms with Gasteiger partial charge in [0.25, 0.3) is 0 Å². The highest BCUT2D eigenvalue weighted by Gasteiger charge is 2.43. The van der Waals surface area contributed by atoms with Crippen LogP contribution in [0.25, 0.3) is 0 Å². The van der Waals surface area contributed by atoms with E-state index in [4.69, 9.17) is 9.47 Å². The van der Waals surface area contributed by atoms with Crippen molar-refractivity contribution in [3.05, 3.63) is 60.2 Å². The number of hydrogen-bond donors (Lipinski definition) is 1. The molecule has 1 aromatic heterocycles. The molecule has 0 bridgehead atoms. The molecule has 5 nitrogen and oxygen atoms in total. The van der Waals surface area contributed by atoms with Crippen LogP contribution in [0.1, 0.15) is 12.1 Å². The predicted octanol–water partition coefficient (Wildman–Crippen LogP) is 2.94. The Morgan fingerprint density at radius 3 is 3.07 bits per heavy atom. The number of ether oxygens (including phenoxy) is 2. The molecule has 2 aliphatic rings. The standard InChI is InChI=1S/C21H26FN3O2/c22-18-4-3-6-19(10-18)24-12-17-11-21(27-14-17)15-25(8-9-26-16-21)13-20-5-1-2-7-23-20/h1-7,10,17,24H,8-9,11-16H2. The highest BCUT2D eigenvalue weighted by Crippen LogP contribution is 2.33. The Hall–Kier alpha value is -2.02. The van der Waals surface area contributed by atoms with E-state index < -0.39 is 0 Å². The van der Waals surface area contributed by atoms with Gasteiger partial charge in [0.2, 0.25) is 0 Å². The van der Waals surface area contributed by atoms with Gasteiger partial charge in [-0.1, -0.05) is 12.1 Å². The van der Waals surface area contributed by atoms with Crippen LogP contribution in [-0.4, -0.2) is 54.9 Å². The normalized spacial score (nSPS) is 26.2. The van der Waals surface area contributed by atoms with E-state index in [2.05, 4.69) is 21.3 Å². The van der Waals surface area contributed by atoms with Crippen LogP contribution in [0.4, 0.5) is 10.1 Å². The summed E-state index contributed by atoms with van der Waals surface area (Å²) in [5, 5.41) is 3.33. The first kappa shape index (κ1) is 18.3. The molecule has 2 aliphatic heterocycles. The van der Waals surface area contributed by atoms with Gasteiger partial charge in [0, 0.05) is 44.0 Å². The number of aromatic nitrogens is 1. The molecule has 1 N–H and O–H groups in total. The van der Waals surface area contributed by atoms with Crippen LogP contribution < -0.4 is 5.32 Å². The molecule has 2 fully saturated rings. The number of benzene rings is 1. The van der Waals surface area contributed by atoms with Crippen LogP contribution in [0.3, 0.4) is 0 Å². The number of hydrogen-bond acceptors (Lipinski definition) is 5. The second-order valence-corrected chi connectivity index (χ2v) is 7.54. The summed E-state index contributed by atoms with van der Waals surface area (Å²) < 4.78 is 25.5. The minimum Gasteiger partial charge on any atom is -0.385 e. The van der Waals surface area contributed by atoms with Crippen LogP contribution in [0.15, 0.2) is 48.7 Å². The zero-order chi connectivity index (χ0) is 18.5. The largest absolute Gasteiger partial charge is 0.385 e. The van der Waals surface area contributed by atoms with Crippen LogP contribution >= 0.6 is 0 Å². The van der Waals surface area contributed by atoms with Crippen LogP contribution in [0, 0.1) is 11.7 Å². The molecule has 4 rings (SSSR count). The number of nitrogens with zero attached hydrogens (tertiary/aromatic N) is 2. The molecule has 2 saturated heterocycles. The third-order valence-electron chi connectivity index (χ3n) is 5.25. The first-order valence-corrected chi connectivity index (χ1v) is 9.54. The molecule has 0 amide bonds. The predicted molar refractivity (Wildman–Crippen MR) is 102 cm³/mol. The summed E-state index contributed by atoms with van der Waals surface area (Å²) in [6.45, 7) is 5.34.